The van der Waals surface area contributed by atoms with E-state index in [1.165, 1.54) is 7.11 Å². The molecule has 0 aliphatic heterocycles. The Kier molecular flexibility index (Phi) is 9.93. The molecule has 35 heavy (non-hydrogen) atoms. The molecule has 0 amide bonds. The molecular weight excluding hydrogens is 466 g/mol. The first kappa shape index (κ1) is 28.9. The van der Waals surface area contributed by atoms with Crippen molar-refractivity contribution in [3.63, 3.8) is 0 Å². The van der Waals surface area contributed by atoms with Crippen molar-refractivity contribution >= 4 is 28.5 Å². The number of rotatable bonds is 7. The lowest BCUT2D eigenvalue weighted by Crippen LogP contribution is -2.21. The molecule has 1 unspecified atom stereocenters. The van der Waals surface area contributed by atoms with Gasteiger partial charge in [0.1, 0.15) is 0 Å². The number of nitrogens with zero attached hydrogens (tertiary/aromatic N) is 1. The zero-order valence-electron chi connectivity index (χ0n) is 21.8. The van der Waals surface area contributed by atoms with Crippen LogP contribution in [0.1, 0.15) is 50.1 Å². The highest BCUT2D eigenvalue weighted by Crippen LogP contribution is 2.40. The number of aryl methyl sites for hydroxylation is 2. The molecule has 0 saturated carbocycles. The third kappa shape index (κ3) is 7.31. The number of methoxy groups -OCH3 is 1. The first-order valence-corrected chi connectivity index (χ1v) is 12.2. The molecule has 3 aromatic rings. The molecule has 3 N–H and O–H groups in total. The van der Waals surface area contributed by atoms with Gasteiger partial charge in [0.25, 0.3) is 0 Å². The number of carbonyl (C=O) groups is 1. The lowest BCUT2D eigenvalue weighted by atomic mass is 9.87. The molecule has 1 heterocycles. The van der Waals surface area contributed by atoms with Crippen molar-refractivity contribution in [1.82, 2.24) is 4.57 Å². The molecule has 0 aliphatic rings. The average Bonchev–Trinajstić information content (AvgIpc) is 3.09. The molecule has 7 heteroatoms. The van der Waals surface area contributed by atoms with E-state index < -0.39 is 11.7 Å². The maximum atomic E-state index is 12.3. The topological polar surface area (TPSA) is 91.9 Å². The van der Waals surface area contributed by atoms with Crippen molar-refractivity contribution in [1.29, 1.82) is 0 Å². The number of halogens is 1. The Hall–Kier alpha value is -2.38. The highest BCUT2D eigenvalue weighted by Gasteiger charge is 2.23. The highest BCUT2D eigenvalue weighted by atomic mass is 35.5. The summed E-state index contributed by atoms with van der Waals surface area (Å²) in [4.78, 5) is 12.3. The number of aromatic nitrogens is 1. The molecule has 1 aromatic heterocycles. The Morgan fingerprint density at radius 1 is 1.14 bits per heavy atom. The summed E-state index contributed by atoms with van der Waals surface area (Å²) in [7, 11) is 1.40. The molecule has 192 valence electrons. The van der Waals surface area contributed by atoms with Crippen LogP contribution in [0.15, 0.2) is 30.3 Å². The van der Waals surface area contributed by atoms with E-state index in [0.717, 1.165) is 50.8 Å². The summed E-state index contributed by atoms with van der Waals surface area (Å²) in [6.45, 7) is 11.3. The summed E-state index contributed by atoms with van der Waals surface area (Å²) in [6, 6.07) is 9.68. The van der Waals surface area contributed by atoms with Gasteiger partial charge < -0.3 is 24.6 Å². The largest absolute Gasteiger partial charge is 0.469 e. The Balaban J connectivity index is 0.000000784. The van der Waals surface area contributed by atoms with E-state index in [1.54, 1.807) is 20.8 Å². The average molecular weight is 504 g/mol. The second kappa shape index (κ2) is 12.0. The second-order valence-electron chi connectivity index (χ2n) is 9.74. The van der Waals surface area contributed by atoms with Crippen molar-refractivity contribution in [2.24, 2.45) is 0 Å². The monoisotopic (exact) mass is 503 g/mol. The van der Waals surface area contributed by atoms with E-state index in [9.17, 15) is 15.0 Å². The summed E-state index contributed by atoms with van der Waals surface area (Å²) in [5, 5.41) is 29.7. The predicted octanol–water partition coefficient (Wildman–Crippen LogP) is 4.99. The van der Waals surface area contributed by atoms with Gasteiger partial charge in [0.05, 0.1) is 43.9 Å². The minimum atomic E-state index is -0.849. The zero-order chi connectivity index (χ0) is 26.5. The maximum Gasteiger partial charge on any atom is 0.310 e. The van der Waals surface area contributed by atoms with Gasteiger partial charge in [-0.3, -0.25) is 4.79 Å². The number of hydrogen-bond acceptors (Lipinski definition) is 5. The number of ether oxygens (including phenoxy) is 1. The van der Waals surface area contributed by atoms with Gasteiger partial charge in [0, 0.05) is 16.1 Å². The first-order valence-electron chi connectivity index (χ1n) is 11.8. The van der Waals surface area contributed by atoms with Gasteiger partial charge in [-0.2, -0.15) is 0 Å². The van der Waals surface area contributed by atoms with E-state index >= 15 is 0 Å². The van der Waals surface area contributed by atoms with Crippen LogP contribution in [0.4, 0.5) is 0 Å². The summed E-state index contributed by atoms with van der Waals surface area (Å²) in [5.74, 6) is -0.290. The molecule has 2 aromatic carbocycles. The molecular formula is C28H38ClNO5. The summed E-state index contributed by atoms with van der Waals surface area (Å²) in [6.07, 6.45) is 0.0982. The Morgan fingerprint density at radius 3 is 2.20 bits per heavy atom. The van der Waals surface area contributed by atoms with Gasteiger partial charge in [-0.15, -0.1) is 0 Å². The van der Waals surface area contributed by atoms with E-state index in [4.69, 9.17) is 21.4 Å². The molecule has 0 radical (unpaired) electrons. The lowest BCUT2D eigenvalue weighted by Gasteiger charge is -2.21. The summed E-state index contributed by atoms with van der Waals surface area (Å²) in [5.41, 5.74) is 6.55. The quantitative estimate of drug-likeness (QED) is 0.395. The standard InChI is InChI=1S/C24H28ClNO4.C4H10O/c1-5-19-15(3)20(11-22(29)30-4)23(16-6-8-17(25)9-7-16)21-10-14(2)26(24(19)21)12-18(28)13-27;1-4(2,3)5/h6-10,18,27-28H,5,11-13H2,1-4H3;5H,1-3H3. The SMILES string of the molecule is CC(C)(C)O.CCc1c(C)c(CC(=O)OC)c(-c2ccc(Cl)cc2)c2cc(C)n(CC(O)CO)c12. The molecule has 0 bridgehead atoms. The van der Waals surface area contributed by atoms with Crippen LogP contribution in [0.25, 0.3) is 22.0 Å². The van der Waals surface area contributed by atoms with Crippen molar-refractivity contribution < 1.29 is 24.9 Å². The Morgan fingerprint density at radius 2 is 1.71 bits per heavy atom. The predicted molar refractivity (Wildman–Crippen MR) is 142 cm³/mol. The third-order valence-electron chi connectivity index (χ3n) is 5.71. The van der Waals surface area contributed by atoms with Gasteiger partial charge in [0.15, 0.2) is 0 Å². The number of fused-ring (bicyclic) bond motifs is 1. The van der Waals surface area contributed by atoms with Crippen molar-refractivity contribution in [3.8, 4) is 11.1 Å². The fourth-order valence-corrected chi connectivity index (χ4v) is 4.35. The maximum absolute atomic E-state index is 12.3. The van der Waals surface area contributed by atoms with Crippen molar-refractivity contribution in [3.05, 3.63) is 57.7 Å². The Labute approximate surface area is 213 Å². The molecule has 0 fully saturated rings. The molecule has 1 atom stereocenters. The van der Waals surface area contributed by atoms with Gasteiger partial charge in [-0.25, -0.2) is 0 Å². The summed E-state index contributed by atoms with van der Waals surface area (Å²) >= 11 is 6.12. The number of carbonyl (C=O) groups excluding carboxylic acids is 1. The van der Waals surface area contributed by atoms with E-state index in [1.807, 2.05) is 38.1 Å². The minimum Gasteiger partial charge on any atom is -0.469 e. The van der Waals surface area contributed by atoms with Gasteiger partial charge in [0.2, 0.25) is 0 Å². The Bertz CT molecular complexity index is 1150. The second-order valence-corrected chi connectivity index (χ2v) is 10.2. The van der Waals surface area contributed by atoms with Crippen LogP contribution in [-0.4, -0.2) is 51.3 Å². The number of esters is 1. The summed E-state index contributed by atoms with van der Waals surface area (Å²) < 4.78 is 7.03. The van der Waals surface area contributed by atoms with Gasteiger partial charge >= 0.3 is 5.97 Å². The van der Waals surface area contributed by atoms with Crippen LogP contribution < -0.4 is 0 Å². The van der Waals surface area contributed by atoms with E-state index in [2.05, 4.69) is 17.6 Å². The van der Waals surface area contributed by atoms with E-state index in [-0.39, 0.29) is 19.0 Å². The molecule has 0 aliphatic carbocycles. The number of aliphatic hydroxyl groups is 3. The molecule has 0 saturated heterocycles. The van der Waals surface area contributed by atoms with Crippen LogP contribution >= 0.6 is 11.6 Å². The fraction of sp³-hybridized carbons (Fsp3) is 0.464. The normalized spacial score (nSPS) is 12.3. The molecule has 6 nitrogen and oxygen atoms in total. The van der Waals surface area contributed by atoms with Gasteiger partial charge in [-0.1, -0.05) is 30.7 Å². The fourth-order valence-electron chi connectivity index (χ4n) is 4.22. The van der Waals surface area contributed by atoms with Crippen LogP contribution in [-0.2, 0) is 28.9 Å². The highest BCUT2D eigenvalue weighted by molar-refractivity contribution is 6.30. The third-order valence-corrected chi connectivity index (χ3v) is 5.96. The smallest absolute Gasteiger partial charge is 0.310 e. The van der Waals surface area contributed by atoms with E-state index in [0.29, 0.717) is 11.6 Å². The molecule has 3 rings (SSSR count). The number of hydrogen-bond donors (Lipinski definition) is 3. The lowest BCUT2D eigenvalue weighted by molar-refractivity contribution is -0.139. The van der Waals surface area contributed by atoms with Gasteiger partial charge in [-0.05, 0) is 87.1 Å². The van der Waals surface area contributed by atoms with Crippen molar-refractivity contribution in [2.75, 3.05) is 13.7 Å². The van der Waals surface area contributed by atoms with Crippen LogP contribution in [0, 0.1) is 13.8 Å². The van der Waals surface area contributed by atoms with Crippen LogP contribution in [0.5, 0.6) is 0 Å². The number of aliphatic hydroxyl groups excluding tert-OH is 2. The molecule has 0 spiro atoms. The van der Waals surface area contributed by atoms with Crippen LogP contribution in [0.3, 0.4) is 0 Å². The first-order chi connectivity index (χ1) is 16.3. The number of benzene rings is 2. The van der Waals surface area contributed by atoms with Crippen LogP contribution in [0.2, 0.25) is 5.02 Å². The minimum absolute atomic E-state index is 0.173. The zero-order valence-corrected chi connectivity index (χ0v) is 22.5. The van der Waals surface area contributed by atoms with Crippen molar-refractivity contribution in [2.45, 2.75) is 72.6 Å².